The topological polar surface area (TPSA) is 58.9 Å². The van der Waals surface area contributed by atoms with Gasteiger partial charge in [0.05, 0.1) is 18.7 Å². The molecule has 1 N–H and O–H groups in total. The highest BCUT2D eigenvalue weighted by Crippen LogP contribution is 2.22. The van der Waals surface area contributed by atoms with Crippen LogP contribution in [0.1, 0.15) is 25.7 Å². The van der Waals surface area contributed by atoms with Crippen molar-refractivity contribution in [3.05, 3.63) is 0 Å². The van der Waals surface area contributed by atoms with Gasteiger partial charge in [-0.25, -0.2) is 0 Å². The Hall–Kier alpha value is -1.06. The summed E-state index contributed by atoms with van der Waals surface area (Å²) >= 11 is 0. The second-order valence-corrected chi connectivity index (χ2v) is 2.98. The molecule has 0 amide bonds. The first-order valence-corrected chi connectivity index (χ1v) is 4.05. The van der Waals surface area contributed by atoms with E-state index >= 15 is 0 Å². The Balaban J connectivity index is 2.51. The molecule has 0 radical (unpaired) electrons. The van der Waals surface area contributed by atoms with Gasteiger partial charge >= 0.3 is 5.97 Å². The standard InChI is InChI=1S/C8H13NO3/c1-12-8(10)6-3-2-4-7(5-6)9-11/h6,11H,2-5H2,1H3. The summed E-state index contributed by atoms with van der Waals surface area (Å²) < 4.78 is 4.61. The summed E-state index contributed by atoms with van der Waals surface area (Å²) in [6, 6.07) is 0. The Bertz CT molecular complexity index is 200. The number of carbonyl (C=O) groups is 1. The zero-order valence-electron chi connectivity index (χ0n) is 7.12. The fourth-order valence-electron chi connectivity index (χ4n) is 1.50. The lowest BCUT2D eigenvalue weighted by atomic mass is 9.88. The van der Waals surface area contributed by atoms with E-state index in [0.29, 0.717) is 12.1 Å². The highest BCUT2D eigenvalue weighted by Gasteiger charge is 2.25. The molecule has 1 unspecified atom stereocenters. The lowest BCUT2D eigenvalue weighted by Crippen LogP contribution is -2.23. The van der Waals surface area contributed by atoms with E-state index in [-0.39, 0.29) is 11.9 Å². The minimum atomic E-state index is -0.198. The maximum absolute atomic E-state index is 11.1. The van der Waals surface area contributed by atoms with Crippen LogP contribution in [0.15, 0.2) is 5.16 Å². The summed E-state index contributed by atoms with van der Waals surface area (Å²) in [6.45, 7) is 0. The molecule has 0 spiro atoms. The summed E-state index contributed by atoms with van der Waals surface area (Å²) in [5.41, 5.74) is 0.705. The molecule has 0 heterocycles. The van der Waals surface area contributed by atoms with Gasteiger partial charge in [-0.1, -0.05) is 5.16 Å². The minimum absolute atomic E-state index is 0.102. The monoisotopic (exact) mass is 171 g/mol. The van der Waals surface area contributed by atoms with E-state index < -0.39 is 0 Å². The lowest BCUT2D eigenvalue weighted by molar-refractivity contribution is -0.145. The third-order valence-electron chi connectivity index (χ3n) is 2.18. The van der Waals surface area contributed by atoms with Crippen LogP contribution in [0, 0.1) is 5.92 Å². The Labute approximate surface area is 71.2 Å². The van der Waals surface area contributed by atoms with Gasteiger partial charge in [-0.05, 0) is 19.3 Å². The van der Waals surface area contributed by atoms with E-state index in [1.54, 1.807) is 0 Å². The largest absolute Gasteiger partial charge is 0.469 e. The van der Waals surface area contributed by atoms with Crippen molar-refractivity contribution < 1.29 is 14.7 Å². The van der Waals surface area contributed by atoms with Crippen LogP contribution in [0.4, 0.5) is 0 Å². The molecular weight excluding hydrogens is 158 g/mol. The van der Waals surface area contributed by atoms with Crippen molar-refractivity contribution in [1.82, 2.24) is 0 Å². The molecule has 0 aromatic carbocycles. The van der Waals surface area contributed by atoms with E-state index in [1.165, 1.54) is 7.11 Å². The molecule has 1 rings (SSSR count). The highest BCUT2D eigenvalue weighted by molar-refractivity contribution is 5.89. The Morgan fingerprint density at radius 1 is 1.75 bits per heavy atom. The van der Waals surface area contributed by atoms with Crippen molar-refractivity contribution in [1.29, 1.82) is 0 Å². The fourth-order valence-corrected chi connectivity index (χ4v) is 1.50. The first-order chi connectivity index (χ1) is 5.77. The van der Waals surface area contributed by atoms with Gasteiger partial charge in [0.15, 0.2) is 0 Å². The number of ether oxygens (including phenoxy) is 1. The van der Waals surface area contributed by atoms with Crippen molar-refractivity contribution in [2.24, 2.45) is 11.1 Å². The molecule has 12 heavy (non-hydrogen) atoms. The van der Waals surface area contributed by atoms with Crippen LogP contribution in [0.25, 0.3) is 0 Å². The van der Waals surface area contributed by atoms with Crippen LogP contribution >= 0.6 is 0 Å². The van der Waals surface area contributed by atoms with Gasteiger partial charge in [0.1, 0.15) is 0 Å². The van der Waals surface area contributed by atoms with E-state index in [9.17, 15) is 4.79 Å². The molecule has 1 aliphatic carbocycles. The van der Waals surface area contributed by atoms with Gasteiger partial charge in [0.2, 0.25) is 0 Å². The SMILES string of the molecule is COC(=O)C1CCCC(=NO)C1. The fraction of sp³-hybridized carbons (Fsp3) is 0.750. The van der Waals surface area contributed by atoms with Crippen LogP contribution in [0.3, 0.4) is 0 Å². The van der Waals surface area contributed by atoms with Crippen molar-refractivity contribution >= 4 is 11.7 Å². The van der Waals surface area contributed by atoms with Crippen LogP contribution in [-0.4, -0.2) is 24.0 Å². The third-order valence-corrected chi connectivity index (χ3v) is 2.18. The lowest BCUT2D eigenvalue weighted by Gasteiger charge is -2.19. The molecular formula is C8H13NO3. The maximum Gasteiger partial charge on any atom is 0.309 e. The summed E-state index contributed by atoms with van der Waals surface area (Å²) in [4.78, 5) is 11.1. The first-order valence-electron chi connectivity index (χ1n) is 4.05. The van der Waals surface area contributed by atoms with E-state index in [4.69, 9.17) is 5.21 Å². The van der Waals surface area contributed by atoms with Crippen molar-refractivity contribution in [2.45, 2.75) is 25.7 Å². The van der Waals surface area contributed by atoms with E-state index in [2.05, 4.69) is 9.89 Å². The zero-order valence-corrected chi connectivity index (χ0v) is 7.12. The smallest absolute Gasteiger partial charge is 0.309 e. The van der Waals surface area contributed by atoms with Crippen LogP contribution in [0.5, 0.6) is 0 Å². The molecule has 0 aromatic heterocycles. The number of carbonyl (C=O) groups excluding carboxylic acids is 1. The van der Waals surface area contributed by atoms with Crippen LogP contribution in [-0.2, 0) is 9.53 Å². The quantitative estimate of drug-likeness (QED) is 0.366. The van der Waals surface area contributed by atoms with Gasteiger partial charge < -0.3 is 9.94 Å². The van der Waals surface area contributed by atoms with Crippen molar-refractivity contribution in [2.75, 3.05) is 7.11 Å². The Morgan fingerprint density at radius 2 is 2.50 bits per heavy atom. The molecule has 1 atom stereocenters. The molecule has 0 bridgehead atoms. The van der Waals surface area contributed by atoms with Crippen molar-refractivity contribution in [3.63, 3.8) is 0 Å². The average molecular weight is 171 g/mol. The molecule has 0 aliphatic heterocycles. The summed E-state index contributed by atoms with van der Waals surface area (Å²) in [6.07, 6.45) is 3.08. The third kappa shape index (κ3) is 1.96. The number of oxime groups is 1. The molecule has 0 saturated heterocycles. The molecule has 0 aromatic rings. The zero-order chi connectivity index (χ0) is 8.97. The normalized spacial score (nSPS) is 27.1. The Morgan fingerprint density at radius 3 is 3.08 bits per heavy atom. The molecule has 4 nitrogen and oxygen atoms in total. The predicted octanol–water partition coefficient (Wildman–Crippen LogP) is 1.18. The minimum Gasteiger partial charge on any atom is -0.469 e. The molecule has 1 aliphatic rings. The second kappa shape index (κ2) is 4.09. The van der Waals surface area contributed by atoms with E-state index in [1.807, 2.05) is 0 Å². The summed E-state index contributed by atoms with van der Waals surface area (Å²) in [5, 5.41) is 11.6. The predicted molar refractivity (Wildman–Crippen MR) is 43.2 cm³/mol. The molecule has 1 saturated carbocycles. The van der Waals surface area contributed by atoms with Crippen LogP contribution in [0.2, 0.25) is 0 Å². The van der Waals surface area contributed by atoms with Crippen LogP contribution < -0.4 is 0 Å². The number of hydrogen-bond acceptors (Lipinski definition) is 4. The van der Waals surface area contributed by atoms with Gasteiger partial charge in [0.25, 0.3) is 0 Å². The van der Waals surface area contributed by atoms with Gasteiger partial charge in [-0.3, -0.25) is 4.79 Å². The van der Waals surface area contributed by atoms with Gasteiger partial charge in [0, 0.05) is 6.42 Å². The maximum atomic E-state index is 11.1. The molecule has 1 fully saturated rings. The molecule has 68 valence electrons. The highest BCUT2D eigenvalue weighted by atomic mass is 16.5. The first kappa shape index (κ1) is 9.03. The second-order valence-electron chi connectivity index (χ2n) is 2.98. The van der Waals surface area contributed by atoms with Gasteiger partial charge in [-0.15, -0.1) is 0 Å². The van der Waals surface area contributed by atoms with Gasteiger partial charge in [-0.2, -0.15) is 0 Å². The number of esters is 1. The number of methoxy groups -OCH3 is 1. The molecule has 4 heteroatoms. The average Bonchev–Trinajstić information content (AvgIpc) is 2.17. The number of rotatable bonds is 1. The summed E-state index contributed by atoms with van der Waals surface area (Å²) in [5.74, 6) is -0.300. The van der Waals surface area contributed by atoms with E-state index in [0.717, 1.165) is 19.3 Å². The number of hydrogen-bond donors (Lipinski definition) is 1. The summed E-state index contributed by atoms with van der Waals surface area (Å²) in [7, 11) is 1.38. The van der Waals surface area contributed by atoms with Crippen molar-refractivity contribution in [3.8, 4) is 0 Å². The number of nitrogens with zero attached hydrogens (tertiary/aromatic N) is 1. The Kier molecular flexibility index (Phi) is 3.08.